The van der Waals surface area contributed by atoms with Crippen molar-refractivity contribution < 1.29 is 4.79 Å². The van der Waals surface area contributed by atoms with E-state index in [-0.39, 0.29) is 23.9 Å². The second-order valence-electron chi connectivity index (χ2n) is 7.33. The van der Waals surface area contributed by atoms with Crippen molar-refractivity contribution in [1.82, 2.24) is 9.88 Å². The quantitative estimate of drug-likeness (QED) is 0.757. The molecule has 0 spiro atoms. The molecule has 1 aromatic carbocycles. The van der Waals surface area contributed by atoms with Crippen LogP contribution in [0.4, 0.5) is 0 Å². The maximum absolute atomic E-state index is 13.2. The Labute approximate surface area is 154 Å². The van der Waals surface area contributed by atoms with Crippen LogP contribution in [0.25, 0.3) is 0 Å². The molecule has 4 rings (SSSR count). The Balaban J connectivity index is 1.75. The average molecular weight is 355 g/mol. The summed E-state index contributed by atoms with van der Waals surface area (Å²) >= 11 is 6.07. The van der Waals surface area contributed by atoms with Gasteiger partial charge in [0.1, 0.15) is 0 Å². The SMILES string of the molecule is CC1CC[C@@H](c2ccc(Cl)cc2)N(C(c2ccccn2)C2CC2)C1=O. The number of likely N-dealkylation sites (tertiary alicyclic amines) is 1. The van der Waals surface area contributed by atoms with Crippen molar-refractivity contribution in [3.63, 3.8) is 0 Å². The Kier molecular flexibility index (Phi) is 4.51. The first kappa shape index (κ1) is 16.6. The third-order valence-electron chi connectivity index (χ3n) is 5.50. The fraction of sp³-hybridized carbons (Fsp3) is 0.429. The number of hydrogen-bond acceptors (Lipinski definition) is 2. The molecule has 2 fully saturated rings. The van der Waals surface area contributed by atoms with Gasteiger partial charge in [-0.05, 0) is 61.4 Å². The second-order valence-corrected chi connectivity index (χ2v) is 7.76. The van der Waals surface area contributed by atoms with Crippen LogP contribution in [0.3, 0.4) is 0 Å². The van der Waals surface area contributed by atoms with Crippen molar-refractivity contribution in [3.8, 4) is 0 Å². The molecule has 0 bridgehead atoms. The number of hydrogen-bond donors (Lipinski definition) is 0. The van der Waals surface area contributed by atoms with E-state index in [2.05, 4.69) is 35.0 Å². The van der Waals surface area contributed by atoms with Gasteiger partial charge in [0.15, 0.2) is 0 Å². The highest BCUT2D eigenvalue weighted by atomic mass is 35.5. The fourth-order valence-electron chi connectivity index (χ4n) is 4.00. The van der Waals surface area contributed by atoms with Gasteiger partial charge in [-0.15, -0.1) is 0 Å². The van der Waals surface area contributed by atoms with Gasteiger partial charge in [0, 0.05) is 17.1 Å². The number of amides is 1. The minimum atomic E-state index is 0.0773. The summed E-state index contributed by atoms with van der Waals surface area (Å²) in [5.41, 5.74) is 2.19. The highest BCUT2D eigenvalue weighted by Gasteiger charge is 2.45. The number of carbonyl (C=O) groups excluding carboxylic acids is 1. The van der Waals surface area contributed by atoms with Crippen molar-refractivity contribution in [2.45, 2.75) is 44.7 Å². The molecule has 1 aromatic heterocycles. The number of halogens is 1. The van der Waals surface area contributed by atoms with Crippen molar-refractivity contribution >= 4 is 17.5 Å². The van der Waals surface area contributed by atoms with E-state index >= 15 is 0 Å². The summed E-state index contributed by atoms with van der Waals surface area (Å²) in [5.74, 6) is 0.862. The smallest absolute Gasteiger partial charge is 0.226 e. The van der Waals surface area contributed by atoms with Gasteiger partial charge in [0.25, 0.3) is 0 Å². The molecule has 3 nitrogen and oxygen atoms in total. The minimum absolute atomic E-state index is 0.0773. The van der Waals surface area contributed by atoms with Gasteiger partial charge in [-0.3, -0.25) is 9.78 Å². The zero-order chi connectivity index (χ0) is 17.4. The van der Waals surface area contributed by atoms with E-state index < -0.39 is 0 Å². The highest BCUT2D eigenvalue weighted by Crippen LogP contribution is 2.49. The lowest BCUT2D eigenvalue weighted by molar-refractivity contribution is -0.145. The Morgan fingerprint density at radius 1 is 1.08 bits per heavy atom. The van der Waals surface area contributed by atoms with Crippen LogP contribution in [-0.4, -0.2) is 15.8 Å². The van der Waals surface area contributed by atoms with Gasteiger partial charge < -0.3 is 4.90 Å². The first-order valence-corrected chi connectivity index (χ1v) is 9.51. The number of pyridine rings is 1. The molecule has 0 N–H and O–H groups in total. The van der Waals surface area contributed by atoms with E-state index in [9.17, 15) is 4.79 Å². The molecule has 3 atom stereocenters. The third-order valence-corrected chi connectivity index (χ3v) is 5.75. The molecule has 2 aliphatic rings. The molecule has 2 aromatic rings. The zero-order valence-corrected chi connectivity index (χ0v) is 15.2. The first-order chi connectivity index (χ1) is 12.1. The van der Waals surface area contributed by atoms with Crippen LogP contribution in [0, 0.1) is 11.8 Å². The standard InChI is InChI=1S/C21H23ClN2O/c1-14-5-12-19(15-8-10-17(22)11-9-15)24(21(14)25)20(16-6-7-16)18-4-2-3-13-23-18/h2-4,8-11,13-14,16,19-20H,5-7,12H2,1H3/t14?,19-,20?/m0/s1. The van der Waals surface area contributed by atoms with Crippen LogP contribution in [-0.2, 0) is 4.79 Å². The molecule has 2 heterocycles. The molecule has 130 valence electrons. The van der Waals surface area contributed by atoms with Gasteiger partial charge in [-0.25, -0.2) is 0 Å². The molecule has 0 radical (unpaired) electrons. The number of carbonyl (C=O) groups is 1. The van der Waals surface area contributed by atoms with Crippen LogP contribution >= 0.6 is 11.6 Å². The average Bonchev–Trinajstić information content (AvgIpc) is 3.46. The van der Waals surface area contributed by atoms with Crippen molar-refractivity contribution in [1.29, 1.82) is 0 Å². The Bertz CT molecular complexity index is 742. The Morgan fingerprint density at radius 3 is 2.48 bits per heavy atom. The maximum atomic E-state index is 13.2. The molecule has 2 unspecified atom stereocenters. The molecular weight excluding hydrogens is 332 g/mol. The monoisotopic (exact) mass is 354 g/mol. The molecule has 1 amide bonds. The molecule has 1 aliphatic carbocycles. The van der Waals surface area contributed by atoms with E-state index in [1.807, 2.05) is 30.5 Å². The third kappa shape index (κ3) is 3.30. The number of piperidine rings is 1. The van der Waals surface area contributed by atoms with E-state index in [0.717, 1.165) is 23.6 Å². The summed E-state index contributed by atoms with van der Waals surface area (Å²) in [5, 5.41) is 0.731. The number of rotatable bonds is 4. The number of aromatic nitrogens is 1. The molecule has 25 heavy (non-hydrogen) atoms. The predicted octanol–water partition coefficient (Wildman–Crippen LogP) is 5.19. The summed E-state index contributed by atoms with van der Waals surface area (Å²) in [6, 6.07) is 14.2. The van der Waals surface area contributed by atoms with E-state index in [1.165, 1.54) is 18.4 Å². The first-order valence-electron chi connectivity index (χ1n) is 9.13. The van der Waals surface area contributed by atoms with Crippen molar-refractivity contribution in [3.05, 3.63) is 64.9 Å². The van der Waals surface area contributed by atoms with Crippen LogP contribution in [0.2, 0.25) is 5.02 Å². The predicted molar refractivity (Wildman–Crippen MR) is 99.1 cm³/mol. The molecule has 1 saturated heterocycles. The Morgan fingerprint density at radius 2 is 1.84 bits per heavy atom. The molecule has 1 aliphatic heterocycles. The molecule has 1 saturated carbocycles. The molecular formula is C21H23ClN2O. The summed E-state index contributed by atoms with van der Waals surface area (Å²) in [6.45, 7) is 2.05. The summed E-state index contributed by atoms with van der Waals surface area (Å²) in [6.07, 6.45) is 6.10. The van der Waals surface area contributed by atoms with E-state index in [1.54, 1.807) is 0 Å². The minimum Gasteiger partial charge on any atom is -0.327 e. The highest BCUT2D eigenvalue weighted by molar-refractivity contribution is 6.30. The summed E-state index contributed by atoms with van der Waals surface area (Å²) in [7, 11) is 0. The zero-order valence-electron chi connectivity index (χ0n) is 14.4. The normalized spacial score (nSPS) is 25.0. The van der Waals surface area contributed by atoms with Gasteiger partial charge >= 0.3 is 0 Å². The lowest BCUT2D eigenvalue weighted by Gasteiger charge is -2.43. The summed E-state index contributed by atoms with van der Waals surface area (Å²) < 4.78 is 0. The van der Waals surface area contributed by atoms with E-state index in [0.29, 0.717) is 5.92 Å². The van der Waals surface area contributed by atoms with Crippen LogP contribution in [0.15, 0.2) is 48.7 Å². The van der Waals surface area contributed by atoms with Gasteiger partial charge in [-0.1, -0.05) is 36.7 Å². The Hall–Kier alpha value is -1.87. The molecule has 4 heteroatoms. The number of nitrogens with zero attached hydrogens (tertiary/aromatic N) is 2. The van der Waals surface area contributed by atoms with Gasteiger partial charge in [0.2, 0.25) is 5.91 Å². The fourth-order valence-corrected chi connectivity index (χ4v) is 4.12. The van der Waals surface area contributed by atoms with Crippen molar-refractivity contribution in [2.24, 2.45) is 11.8 Å². The van der Waals surface area contributed by atoms with Crippen LogP contribution in [0.1, 0.15) is 55.9 Å². The van der Waals surface area contributed by atoms with Crippen LogP contribution in [0.5, 0.6) is 0 Å². The van der Waals surface area contributed by atoms with Crippen molar-refractivity contribution in [2.75, 3.05) is 0 Å². The lowest BCUT2D eigenvalue weighted by atomic mass is 9.86. The van der Waals surface area contributed by atoms with Crippen LogP contribution < -0.4 is 0 Å². The van der Waals surface area contributed by atoms with Gasteiger partial charge in [-0.2, -0.15) is 0 Å². The van der Waals surface area contributed by atoms with Gasteiger partial charge in [0.05, 0.1) is 17.8 Å². The topological polar surface area (TPSA) is 33.2 Å². The lowest BCUT2D eigenvalue weighted by Crippen LogP contribution is -2.45. The number of benzene rings is 1. The second kappa shape index (κ2) is 6.80. The summed E-state index contributed by atoms with van der Waals surface area (Å²) in [4.78, 5) is 19.9. The maximum Gasteiger partial charge on any atom is 0.226 e. The van der Waals surface area contributed by atoms with E-state index in [4.69, 9.17) is 11.6 Å². The largest absolute Gasteiger partial charge is 0.327 e.